The zero-order valence-corrected chi connectivity index (χ0v) is 12.6. The van der Waals surface area contributed by atoms with Crippen molar-refractivity contribution in [3.63, 3.8) is 0 Å². The molecule has 1 unspecified atom stereocenters. The van der Waals surface area contributed by atoms with Crippen molar-refractivity contribution in [2.75, 3.05) is 19.8 Å². The predicted molar refractivity (Wildman–Crippen MR) is 76.4 cm³/mol. The quantitative estimate of drug-likeness (QED) is 0.574. The second-order valence-corrected chi connectivity index (χ2v) is 5.58. The average Bonchev–Trinajstić information content (AvgIpc) is 2.32. The first-order valence-electron chi connectivity index (χ1n) is 7.28. The molecule has 0 aliphatic carbocycles. The molecule has 0 aliphatic rings. The maximum Gasteiger partial charge on any atom is 0.103 e. The fourth-order valence-corrected chi connectivity index (χ4v) is 1.95. The number of ether oxygens (including phenoxy) is 1. The third-order valence-electron chi connectivity index (χ3n) is 3.10. The standard InChI is InChI=1S/C15H30N2O/c1-5-17-15(4,13-16)10-6-7-11-18-12-8-9-14(2)3/h14,17H,5-12H2,1-4H3. The molecule has 0 aliphatic heterocycles. The van der Waals surface area contributed by atoms with Gasteiger partial charge in [0.15, 0.2) is 0 Å². The molecule has 3 heteroatoms. The van der Waals surface area contributed by atoms with E-state index >= 15 is 0 Å². The zero-order chi connectivity index (χ0) is 13.9. The van der Waals surface area contributed by atoms with Gasteiger partial charge in [-0.1, -0.05) is 20.8 Å². The number of rotatable bonds is 11. The highest BCUT2D eigenvalue weighted by Crippen LogP contribution is 2.12. The highest BCUT2D eigenvalue weighted by Gasteiger charge is 2.20. The Morgan fingerprint density at radius 2 is 1.89 bits per heavy atom. The van der Waals surface area contributed by atoms with E-state index in [1.54, 1.807) is 0 Å². The first-order chi connectivity index (χ1) is 8.54. The van der Waals surface area contributed by atoms with Gasteiger partial charge < -0.3 is 4.74 Å². The third kappa shape index (κ3) is 9.44. The highest BCUT2D eigenvalue weighted by atomic mass is 16.5. The van der Waals surface area contributed by atoms with Crippen molar-refractivity contribution in [1.82, 2.24) is 5.32 Å². The van der Waals surface area contributed by atoms with E-state index in [4.69, 9.17) is 10.00 Å². The molecule has 1 N–H and O–H groups in total. The Morgan fingerprint density at radius 3 is 2.44 bits per heavy atom. The summed E-state index contributed by atoms with van der Waals surface area (Å²) in [5.41, 5.74) is -0.369. The van der Waals surface area contributed by atoms with Crippen LogP contribution in [0.3, 0.4) is 0 Å². The number of nitrogens with one attached hydrogen (secondary N) is 1. The van der Waals surface area contributed by atoms with E-state index in [0.29, 0.717) is 0 Å². The largest absolute Gasteiger partial charge is 0.381 e. The Hall–Kier alpha value is -0.590. The van der Waals surface area contributed by atoms with E-state index in [1.807, 2.05) is 13.8 Å². The van der Waals surface area contributed by atoms with Gasteiger partial charge in [0.1, 0.15) is 5.54 Å². The number of hydrogen-bond donors (Lipinski definition) is 1. The lowest BCUT2D eigenvalue weighted by molar-refractivity contribution is 0.123. The molecule has 3 nitrogen and oxygen atoms in total. The second-order valence-electron chi connectivity index (χ2n) is 5.58. The summed E-state index contributed by atoms with van der Waals surface area (Å²) in [4.78, 5) is 0. The zero-order valence-electron chi connectivity index (χ0n) is 12.6. The first-order valence-corrected chi connectivity index (χ1v) is 7.28. The van der Waals surface area contributed by atoms with Crippen LogP contribution >= 0.6 is 0 Å². The van der Waals surface area contributed by atoms with Crippen molar-refractivity contribution >= 4 is 0 Å². The molecule has 0 fully saturated rings. The average molecular weight is 254 g/mol. The predicted octanol–water partition coefficient (Wildman–Crippen LogP) is 3.50. The molecule has 0 bridgehead atoms. The third-order valence-corrected chi connectivity index (χ3v) is 3.10. The molecule has 0 saturated heterocycles. The molecular weight excluding hydrogens is 224 g/mol. The van der Waals surface area contributed by atoms with Crippen LogP contribution in [0.2, 0.25) is 0 Å². The Labute approximate surface area is 113 Å². The second kappa shape index (κ2) is 10.3. The molecule has 106 valence electrons. The normalized spacial score (nSPS) is 14.4. The number of nitrogens with zero attached hydrogens (tertiary/aromatic N) is 1. The Kier molecular flexibility index (Phi) is 10.0. The summed E-state index contributed by atoms with van der Waals surface area (Å²) in [5, 5.41) is 12.3. The van der Waals surface area contributed by atoms with Gasteiger partial charge in [0.2, 0.25) is 0 Å². The van der Waals surface area contributed by atoms with Crippen LogP contribution in [0, 0.1) is 17.2 Å². The molecule has 0 aromatic heterocycles. The lowest BCUT2D eigenvalue weighted by Crippen LogP contribution is -2.40. The summed E-state index contributed by atoms with van der Waals surface area (Å²) in [6.45, 7) is 11.0. The summed E-state index contributed by atoms with van der Waals surface area (Å²) in [7, 11) is 0. The van der Waals surface area contributed by atoms with Gasteiger partial charge in [-0.25, -0.2) is 0 Å². The number of unbranched alkanes of at least 4 members (excludes halogenated alkanes) is 1. The first kappa shape index (κ1) is 17.4. The minimum absolute atomic E-state index is 0.369. The van der Waals surface area contributed by atoms with Crippen LogP contribution in [-0.4, -0.2) is 25.3 Å². The van der Waals surface area contributed by atoms with Crippen molar-refractivity contribution in [2.24, 2.45) is 5.92 Å². The summed E-state index contributed by atoms with van der Waals surface area (Å²) in [6.07, 6.45) is 5.39. The van der Waals surface area contributed by atoms with Gasteiger partial charge in [-0.15, -0.1) is 0 Å². The Bertz CT molecular complexity index is 235. The fourth-order valence-electron chi connectivity index (χ4n) is 1.95. The van der Waals surface area contributed by atoms with Crippen LogP contribution < -0.4 is 5.32 Å². The van der Waals surface area contributed by atoms with Crippen molar-refractivity contribution in [1.29, 1.82) is 5.26 Å². The van der Waals surface area contributed by atoms with Gasteiger partial charge in [-0.3, -0.25) is 5.32 Å². The lowest BCUT2D eigenvalue weighted by atomic mass is 9.97. The molecule has 0 rings (SSSR count). The van der Waals surface area contributed by atoms with Gasteiger partial charge in [0.25, 0.3) is 0 Å². The smallest absolute Gasteiger partial charge is 0.103 e. The van der Waals surface area contributed by atoms with Crippen LogP contribution in [0.4, 0.5) is 0 Å². The van der Waals surface area contributed by atoms with E-state index in [0.717, 1.165) is 51.4 Å². The minimum atomic E-state index is -0.369. The summed E-state index contributed by atoms with van der Waals surface area (Å²) in [5.74, 6) is 0.769. The molecule has 1 atom stereocenters. The summed E-state index contributed by atoms with van der Waals surface area (Å²) < 4.78 is 5.59. The molecule has 0 saturated carbocycles. The summed E-state index contributed by atoms with van der Waals surface area (Å²) >= 11 is 0. The van der Waals surface area contributed by atoms with Crippen LogP contribution in [0.1, 0.15) is 59.8 Å². The van der Waals surface area contributed by atoms with Crippen molar-refractivity contribution in [2.45, 2.75) is 65.3 Å². The van der Waals surface area contributed by atoms with Crippen LogP contribution in [0.5, 0.6) is 0 Å². The summed E-state index contributed by atoms with van der Waals surface area (Å²) in [6, 6.07) is 2.35. The van der Waals surface area contributed by atoms with E-state index in [2.05, 4.69) is 25.2 Å². The Morgan fingerprint density at radius 1 is 1.22 bits per heavy atom. The molecule has 0 aromatic carbocycles. The maximum absolute atomic E-state index is 9.10. The van der Waals surface area contributed by atoms with E-state index in [1.165, 1.54) is 6.42 Å². The van der Waals surface area contributed by atoms with E-state index in [-0.39, 0.29) is 5.54 Å². The maximum atomic E-state index is 9.10. The molecule has 0 radical (unpaired) electrons. The molecule has 0 spiro atoms. The van der Waals surface area contributed by atoms with E-state index in [9.17, 15) is 0 Å². The van der Waals surface area contributed by atoms with Crippen LogP contribution in [0.25, 0.3) is 0 Å². The number of hydrogen-bond acceptors (Lipinski definition) is 3. The van der Waals surface area contributed by atoms with Gasteiger partial charge in [-0.05, 0) is 51.5 Å². The minimum Gasteiger partial charge on any atom is -0.381 e. The van der Waals surface area contributed by atoms with Crippen LogP contribution in [-0.2, 0) is 4.74 Å². The van der Waals surface area contributed by atoms with Crippen molar-refractivity contribution < 1.29 is 4.74 Å². The lowest BCUT2D eigenvalue weighted by Gasteiger charge is -2.22. The van der Waals surface area contributed by atoms with Gasteiger partial charge in [0, 0.05) is 13.2 Å². The topological polar surface area (TPSA) is 45.0 Å². The molecule has 18 heavy (non-hydrogen) atoms. The SMILES string of the molecule is CCNC(C)(C#N)CCCCOCCCC(C)C. The molecule has 0 aromatic rings. The monoisotopic (exact) mass is 254 g/mol. The van der Waals surface area contributed by atoms with Crippen molar-refractivity contribution in [3.05, 3.63) is 0 Å². The number of nitriles is 1. The van der Waals surface area contributed by atoms with Gasteiger partial charge in [-0.2, -0.15) is 5.26 Å². The van der Waals surface area contributed by atoms with Crippen molar-refractivity contribution in [3.8, 4) is 6.07 Å². The molecule has 0 heterocycles. The fraction of sp³-hybridized carbons (Fsp3) is 0.933. The highest BCUT2D eigenvalue weighted by molar-refractivity contribution is 5.03. The van der Waals surface area contributed by atoms with E-state index < -0.39 is 0 Å². The molecule has 0 amide bonds. The van der Waals surface area contributed by atoms with Gasteiger partial charge >= 0.3 is 0 Å². The Balaban J connectivity index is 3.42. The van der Waals surface area contributed by atoms with Crippen LogP contribution in [0.15, 0.2) is 0 Å². The molecular formula is C15H30N2O. The van der Waals surface area contributed by atoms with Gasteiger partial charge in [0.05, 0.1) is 6.07 Å².